The highest BCUT2D eigenvalue weighted by Gasteiger charge is 2.25. The van der Waals surface area contributed by atoms with E-state index in [1.807, 2.05) is 72.8 Å². The van der Waals surface area contributed by atoms with Crippen LogP contribution < -0.4 is 11.1 Å². The third-order valence-corrected chi connectivity index (χ3v) is 8.20. The van der Waals surface area contributed by atoms with Gasteiger partial charge in [-0.3, -0.25) is 14.4 Å². The number of aliphatic carboxylic acids is 2. The van der Waals surface area contributed by atoms with E-state index in [9.17, 15) is 29.4 Å². The van der Waals surface area contributed by atoms with Crippen LogP contribution in [0.2, 0.25) is 0 Å². The normalized spacial score (nSPS) is 13.0. The van der Waals surface area contributed by atoms with Crippen molar-refractivity contribution in [1.82, 2.24) is 5.32 Å². The number of hydrogen-bond donors (Lipinski definition) is 6. The number of nitrogens with one attached hydrogen (secondary N) is 1. The lowest BCUT2D eigenvalue weighted by molar-refractivity contribution is -0.151. The Balaban J connectivity index is 0.000000277. The van der Waals surface area contributed by atoms with Crippen LogP contribution in [0.4, 0.5) is 0 Å². The van der Waals surface area contributed by atoms with Gasteiger partial charge in [0, 0.05) is 12.1 Å². The molecule has 0 saturated carbocycles. The highest BCUT2D eigenvalue weighted by Crippen LogP contribution is 2.22. The summed E-state index contributed by atoms with van der Waals surface area (Å²) in [5.74, 6) is -6.07. The van der Waals surface area contributed by atoms with Gasteiger partial charge in [-0.1, -0.05) is 109 Å². The number of carboxylic acid groups (broad SMARTS) is 2. The van der Waals surface area contributed by atoms with Crippen LogP contribution in [0.5, 0.6) is 0 Å². The van der Waals surface area contributed by atoms with Crippen LogP contribution in [0, 0.1) is 11.8 Å². The van der Waals surface area contributed by atoms with Gasteiger partial charge in [-0.2, -0.15) is 0 Å². The number of amides is 1. The van der Waals surface area contributed by atoms with Gasteiger partial charge >= 0.3 is 23.8 Å². The zero-order valence-corrected chi connectivity index (χ0v) is 28.6. The SMILES string of the molecule is CCOC(=O)[C@H](CO)C[C@H](N)Cc1ccc(-c2ccccc2)cc1.O=C(O)C(=O)N[C@H](Cc1ccc(-c2ccccc2)cc1)C[C@@H](CO)C(=O)O. The van der Waals surface area contributed by atoms with Gasteiger partial charge in [-0.15, -0.1) is 0 Å². The van der Waals surface area contributed by atoms with Gasteiger partial charge in [0.05, 0.1) is 31.7 Å². The van der Waals surface area contributed by atoms with Crippen LogP contribution in [0.3, 0.4) is 0 Å². The summed E-state index contributed by atoms with van der Waals surface area (Å²) in [5, 5.41) is 38.8. The molecule has 0 unspecified atom stereocenters. The molecule has 51 heavy (non-hydrogen) atoms. The maximum Gasteiger partial charge on any atom is 0.394 e. The summed E-state index contributed by atoms with van der Waals surface area (Å²) in [4.78, 5) is 45.2. The summed E-state index contributed by atoms with van der Waals surface area (Å²) < 4.78 is 4.96. The van der Waals surface area contributed by atoms with E-state index in [0.717, 1.165) is 27.8 Å². The molecular weight excluding hydrogens is 652 g/mol. The maximum atomic E-state index is 11.7. The fraction of sp³-hybridized carbons (Fsp3) is 0.300. The molecule has 0 heterocycles. The molecule has 0 fully saturated rings. The number of carbonyl (C=O) groups excluding carboxylic acids is 2. The molecule has 7 N–H and O–H groups in total. The number of carbonyl (C=O) groups is 4. The average Bonchev–Trinajstić information content (AvgIpc) is 3.14. The third-order valence-electron chi connectivity index (χ3n) is 8.20. The van der Waals surface area contributed by atoms with Gasteiger partial charge in [-0.25, -0.2) is 4.79 Å². The number of hydrogen-bond acceptors (Lipinski definition) is 8. The Morgan fingerprint density at radius 1 is 0.647 bits per heavy atom. The molecule has 0 radical (unpaired) electrons. The quantitative estimate of drug-likeness (QED) is 0.0724. The Bertz CT molecular complexity index is 1660. The Hall–Kier alpha value is -5.36. The molecule has 0 bridgehead atoms. The molecule has 0 aromatic heterocycles. The van der Waals surface area contributed by atoms with Crippen molar-refractivity contribution >= 4 is 23.8 Å². The molecule has 0 aliphatic rings. The fourth-order valence-electron chi connectivity index (χ4n) is 5.51. The van der Waals surface area contributed by atoms with E-state index in [1.165, 1.54) is 5.56 Å². The van der Waals surface area contributed by atoms with Crippen LogP contribution in [0.15, 0.2) is 109 Å². The predicted octanol–water partition coefficient (Wildman–Crippen LogP) is 4.33. The summed E-state index contributed by atoms with van der Waals surface area (Å²) in [5.41, 5.74) is 12.5. The molecule has 1 amide bonds. The Kier molecular flexibility index (Phi) is 16.5. The summed E-state index contributed by atoms with van der Waals surface area (Å²) in [6.45, 7) is 1.23. The van der Waals surface area contributed by atoms with Crippen molar-refractivity contribution < 1.29 is 44.3 Å². The number of aliphatic hydroxyl groups is 2. The van der Waals surface area contributed by atoms with Crippen LogP contribution in [-0.4, -0.2) is 76.1 Å². The second-order valence-electron chi connectivity index (χ2n) is 12.1. The minimum absolute atomic E-state index is 0.0781. The van der Waals surface area contributed by atoms with Gasteiger partial charge < -0.3 is 36.2 Å². The second-order valence-corrected chi connectivity index (χ2v) is 12.1. The molecule has 4 aromatic carbocycles. The Morgan fingerprint density at radius 3 is 1.51 bits per heavy atom. The number of rotatable bonds is 16. The van der Waals surface area contributed by atoms with Crippen molar-refractivity contribution in [3.63, 3.8) is 0 Å². The first-order chi connectivity index (χ1) is 24.5. The fourth-order valence-corrected chi connectivity index (χ4v) is 5.51. The topological polar surface area (TPSA) is 196 Å². The average molecular weight is 699 g/mol. The van der Waals surface area contributed by atoms with E-state index in [2.05, 4.69) is 41.7 Å². The molecular formula is C40H46N2O9. The van der Waals surface area contributed by atoms with Crippen molar-refractivity contribution in [2.45, 2.75) is 44.7 Å². The number of carboxylic acids is 2. The molecule has 0 spiro atoms. The minimum atomic E-state index is -1.64. The van der Waals surface area contributed by atoms with E-state index in [1.54, 1.807) is 6.92 Å². The molecule has 11 heteroatoms. The van der Waals surface area contributed by atoms with Gasteiger partial charge in [0.15, 0.2) is 0 Å². The first-order valence-corrected chi connectivity index (χ1v) is 16.7. The minimum Gasteiger partial charge on any atom is -0.481 e. The summed E-state index contributed by atoms with van der Waals surface area (Å²) in [7, 11) is 0. The number of esters is 1. The number of benzene rings is 4. The highest BCUT2D eigenvalue weighted by atomic mass is 16.5. The first-order valence-electron chi connectivity index (χ1n) is 16.7. The zero-order chi connectivity index (χ0) is 37.2. The van der Waals surface area contributed by atoms with Gasteiger partial charge in [-0.05, 0) is 66.0 Å². The van der Waals surface area contributed by atoms with Crippen molar-refractivity contribution in [2.24, 2.45) is 17.6 Å². The molecule has 4 rings (SSSR count). The Labute approximate surface area is 297 Å². The smallest absolute Gasteiger partial charge is 0.394 e. The summed E-state index contributed by atoms with van der Waals surface area (Å²) in [6, 6.07) is 34.8. The zero-order valence-electron chi connectivity index (χ0n) is 28.6. The number of nitrogens with two attached hydrogens (primary N) is 1. The lowest BCUT2D eigenvalue weighted by Gasteiger charge is -2.21. The number of aliphatic hydroxyl groups excluding tert-OH is 2. The van der Waals surface area contributed by atoms with Crippen LogP contribution in [0.1, 0.15) is 30.9 Å². The lowest BCUT2D eigenvalue weighted by Crippen LogP contribution is -2.42. The standard InChI is InChI=1S/C20H21NO6.C20H25NO3/c22-12-16(19(24)25)11-17(21-18(23)20(26)27)10-13-6-8-15(9-7-13)14-4-2-1-3-5-14;1-2-24-20(23)18(14-22)13-19(21)12-15-8-10-17(11-9-15)16-6-4-3-5-7-16/h1-9,16-17,22H,10-12H2,(H,21,23)(H,24,25)(H,26,27);3-11,18-19,22H,2,12-14,21H2,1H3/t16-,17+;18-,19+/m00/s1. The van der Waals surface area contributed by atoms with Crippen molar-refractivity contribution in [3.8, 4) is 22.3 Å². The van der Waals surface area contributed by atoms with Crippen molar-refractivity contribution in [3.05, 3.63) is 120 Å². The van der Waals surface area contributed by atoms with E-state index >= 15 is 0 Å². The lowest BCUT2D eigenvalue weighted by atomic mass is 9.94. The Morgan fingerprint density at radius 2 is 1.10 bits per heavy atom. The van der Waals surface area contributed by atoms with E-state index < -0.39 is 42.3 Å². The summed E-state index contributed by atoms with van der Waals surface area (Å²) in [6.07, 6.45) is 1.24. The highest BCUT2D eigenvalue weighted by molar-refractivity contribution is 6.31. The van der Waals surface area contributed by atoms with Crippen LogP contribution in [0.25, 0.3) is 22.3 Å². The monoisotopic (exact) mass is 698 g/mol. The molecule has 11 nitrogen and oxygen atoms in total. The molecule has 270 valence electrons. The molecule has 4 atom stereocenters. The summed E-state index contributed by atoms with van der Waals surface area (Å²) >= 11 is 0. The van der Waals surface area contributed by atoms with E-state index in [0.29, 0.717) is 19.4 Å². The molecule has 0 aliphatic carbocycles. The largest absolute Gasteiger partial charge is 0.481 e. The van der Waals surface area contributed by atoms with Gasteiger partial charge in [0.1, 0.15) is 0 Å². The van der Waals surface area contributed by atoms with Gasteiger partial charge in [0.25, 0.3) is 0 Å². The maximum absolute atomic E-state index is 11.7. The van der Waals surface area contributed by atoms with Crippen molar-refractivity contribution in [1.29, 1.82) is 0 Å². The van der Waals surface area contributed by atoms with E-state index in [4.69, 9.17) is 20.7 Å². The van der Waals surface area contributed by atoms with E-state index in [-0.39, 0.29) is 31.5 Å². The first kappa shape index (κ1) is 40.1. The van der Waals surface area contributed by atoms with Crippen molar-refractivity contribution in [2.75, 3.05) is 19.8 Å². The molecule has 0 aliphatic heterocycles. The third kappa shape index (κ3) is 13.5. The predicted molar refractivity (Wildman–Crippen MR) is 193 cm³/mol. The second kappa shape index (κ2) is 21.0. The van der Waals surface area contributed by atoms with Crippen LogP contribution >= 0.6 is 0 Å². The van der Waals surface area contributed by atoms with Gasteiger partial charge in [0.2, 0.25) is 0 Å². The van der Waals surface area contributed by atoms with Crippen LogP contribution in [-0.2, 0) is 36.8 Å². The molecule has 4 aromatic rings. The molecule has 0 saturated heterocycles. The number of ether oxygens (including phenoxy) is 1.